The van der Waals surface area contributed by atoms with Crippen molar-refractivity contribution in [2.45, 2.75) is 56.7 Å². The minimum Gasteiger partial charge on any atom is -0.480 e. The number of aliphatic carboxylic acids is 1. The quantitative estimate of drug-likeness (QED) is 0.798. The molecule has 0 aromatic heterocycles. The number of carboxylic acid groups (broad SMARTS) is 1. The molecule has 1 aliphatic rings. The summed E-state index contributed by atoms with van der Waals surface area (Å²) in [6.07, 6.45) is 3.47. The van der Waals surface area contributed by atoms with Crippen molar-refractivity contribution in [1.82, 2.24) is 0 Å². The fourth-order valence-electron chi connectivity index (χ4n) is 2.29. The lowest BCUT2D eigenvalue weighted by Gasteiger charge is -2.27. The average molecular weight is 245 g/mol. The molecule has 16 heavy (non-hydrogen) atoms. The van der Waals surface area contributed by atoms with Gasteiger partial charge in [0.15, 0.2) is 0 Å². The maximum Gasteiger partial charge on any atom is 0.323 e. The number of carboxylic acids is 1. The molecule has 1 aliphatic carbocycles. The molecule has 0 aromatic rings. The van der Waals surface area contributed by atoms with Crippen LogP contribution >= 0.6 is 11.8 Å². The summed E-state index contributed by atoms with van der Waals surface area (Å²) < 4.78 is 0.249. The zero-order chi connectivity index (χ0) is 12.4. The first kappa shape index (κ1) is 13.8. The number of thioether (sulfide) groups is 1. The van der Waals surface area contributed by atoms with Gasteiger partial charge in [-0.1, -0.05) is 27.2 Å². The van der Waals surface area contributed by atoms with Gasteiger partial charge in [0, 0.05) is 4.75 Å². The zero-order valence-electron chi connectivity index (χ0n) is 10.5. The molecule has 0 spiro atoms. The van der Waals surface area contributed by atoms with Gasteiger partial charge in [-0.15, -0.1) is 0 Å². The number of nitrogens with two attached hydrogens (primary N) is 1. The highest BCUT2D eigenvalue weighted by Crippen LogP contribution is 2.38. The molecular weight excluding hydrogens is 222 g/mol. The summed E-state index contributed by atoms with van der Waals surface area (Å²) in [6.45, 7) is 6.54. The fourth-order valence-corrected chi connectivity index (χ4v) is 3.31. The first-order valence-electron chi connectivity index (χ1n) is 5.92. The van der Waals surface area contributed by atoms with E-state index in [9.17, 15) is 9.90 Å². The van der Waals surface area contributed by atoms with Gasteiger partial charge < -0.3 is 10.8 Å². The summed E-state index contributed by atoms with van der Waals surface area (Å²) in [5, 5.41) is 9.17. The first-order valence-corrected chi connectivity index (χ1v) is 6.90. The van der Waals surface area contributed by atoms with E-state index in [4.69, 9.17) is 5.73 Å². The van der Waals surface area contributed by atoms with Gasteiger partial charge in [0.05, 0.1) is 0 Å². The van der Waals surface area contributed by atoms with Crippen molar-refractivity contribution in [2.24, 2.45) is 11.7 Å². The van der Waals surface area contributed by atoms with Gasteiger partial charge in [-0.25, -0.2) is 0 Å². The number of hydrogen-bond acceptors (Lipinski definition) is 3. The number of rotatable bonds is 4. The largest absolute Gasteiger partial charge is 0.480 e. The molecule has 2 unspecified atom stereocenters. The van der Waals surface area contributed by atoms with Crippen LogP contribution in [0.4, 0.5) is 0 Å². The van der Waals surface area contributed by atoms with Crippen molar-refractivity contribution >= 4 is 17.7 Å². The second kappa shape index (κ2) is 4.96. The molecule has 4 heteroatoms. The highest BCUT2D eigenvalue weighted by Gasteiger charge is 2.45. The molecule has 3 nitrogen and oxygen atoms in total. The van der Waals surface area contributed by atoms with Gasteiger partial charge in [-0.2, -0.15) is 11.8 Å². The topological polar surface area (TPSA) is 63.3 Å². The molecule has 0 aromatic carbocycles. The Bertz CT molecular complexity index is 262. The van der Waals surface area contributed by atoms with Gasteiger partial charge in [0.2, 0.25) is 0 Å². The third-order valence-corrected chi connectivity index (χ3v) is 4.58. The van der Waals surface area contributed by atoms with E-state index in [1.165, 1.54) is 0 Å². The van der Waals surface area contributed by atoms with E-state index in [1.54, 1.807) is 0 Å². The van der Waals surface area contributed by atoms with E-state index in [1.807, 2.05) is 11.8 Å². The normalized spacial score (nSPS) is 30.6. The number of carbonyl (C=O) groups is 1. The lowest BCUT2D eigenvalue weighted by Crippen LogP contribution is -2.51. The van der Waals surface area contributed by atoms with Crippen LogP contribution in [0, 0.1) is 5.92 Å². The van der Waals surface area contributed by atoms with E-state index in [0.717, 1.165) is 25.0 Å². The molecule has 3 N–H and O–H groups in total. The predicted molar refractivity (Wildman–Crippen MR) is 68.7 cm³/mol. The highest BCUT2D eigenvalue weighted by atomic mass is 32.2. The summed E-state index contributed by atoms with van der Waals surface area (Å²) >= 11 is 1.88. The SMILES string of the molecule is CC(C)(C)SCCC1CCCC1(N)C(=O)O. The highest BCUT2D eigenvalue weighted by molar-refractivity contribution is 8.00. The first-order chi connectivity index (χ1) is 7.26. The molecule has 0 bridgehead atoms. The Morgan fingerprint density at radius 2 is 2.19 bits per heavy atom. The van der Waals surface area contributed by atoms with Gasteiger partial charge in [0.25, 0.3) is 0 Å². The number of hydrogen-bond donors (Lipinski definition) is 2. The van der Waals surface area contributed by atoms with Crippen molar-refractivity contribution in [3.63, 3.8) is 0 Å². The third kappa shape index (κ3) is 3.39. The van der Waals surface area contributed by atoms with Gasteiger partial charge in [-0.05, 0) is 30.9 Å². The van der Waals surface area contributed by atoms with E-state index < -0.39 is 11.5 Å². The van der Waals surface area contributed by atoms with Crippen LogP contribution in [0.25, 0.3) is 0 Å². The smallest absolute Gasteiger partial charge is 0.323 e. The minimum absolute atomic E-state index is 0.153. The zero-order valence-corrected chi connectivity index (χ0v) is 11.3. The molecule has 1 rings (SSSR count). The van der Waals surface area contributed by atoms with E-state index in [-0.39, 0.29) is 10.7 Å². The van der Waals surface area contributed by atoms with Gasteiger partial charge in [0.1, 0.15) is 5.54 Å². The van der Waals surface area contributed by atoms with Crippen LogP contribution in [-0.2, 0) is 4.79 Å². The second-order valence-corrected chi connectivity index (χ2v) is 7.61. The van der Waals surface area contributed by atoms with Crippen molar-refractivity contribution in [3.05, 3.63) is 0 Å². The van der Waals surface area contributed by atoms with Crippen LogP contribution in [0.2, 0.25) is 0 Å². The van der Waals surface area contributed by atoms with Crippen LogP contribution in [0.1, 0.15) is 46.5 Å². The maximum atomic E-state index is 11.2. The summed E-state index contributed by atoms with van der Waals surface area (Å²) in [5.74, 6) is 0.330. The molecular formula is C12H23NO2S. The Labute approximate surface area is 102 Å². The van der Waals surface area contributed by atoms with Crippen LogP contribution in [0.5, 0.6) is 0 Å². The molecule has 94 valence electrons. The molecule has 2 atom stereocenters. The molecule has 0 amide bonds. The third-order valence-electron chi connectivity index (χ3n) is 3.27. The van der Waals surface area contributed by atoms with Crippen LogP contribution in [0.3, 0.4) is 0 Å². The lowest BCUT2D eigenvalue weighted by molar-refractivity contribution is -0.144. The van der Waals surface area contributed by atoms with E-state index >= 15 is 0 Å². The Morgan fingerprint density at radius 1 is 1.56 bits per heavy atom. The predicted octanol–water partition coefficient (Wildman–Crippen LogP) is 2.49. The summed E-state index contributed by atoms with van der Waals surface area (Å²) in [7, 11) is 0. The Balaban J connectivity index is 2.45. The Morgan fingerprint density at radius 3 is 2.69 bits per heavy atom. The summed E-state index contributed by atoms with van der Waals surface area (Å²) in [6, 6.07) is 0. The molecule has 0 aliphatic heterocycles. The standard InChI is InChI=1S/C12H23NO2S/c1-11(2,3)16-8-6-9-5-4-7-12(9,13)10(14)15/h9H,4-8,13H2,1-3H3,(H,14,15). The van der Waals surface area contributed by atoms with Crippen molar-refractivity contribution in [3.8, 4) is 0 Å². The average Bonchev–Trinajstić information content (AvgIpc) is 2.47. The van der Waals surface area contributed by atoms with Crippen LogP contribution in [0.15, 0.2) is 0 Å². The van der Waals surface area contributed by atoms with Gasteiger partial charge >= 0.3 is 5.97 Å². The lowest BCUT2D eigenvalue weighted by atomic mass is 9.86. The minimum atomic E-state index is -0.960. The monoisotopic (exact) mass is 245 g/mol. The summed E-state index contributed by atoms with van der Waals surface area (Å²) in [4.78, 5) is 11.2. The fraction of sp³-hybridized carbons (Fsp3) is 0.917. The molecule has 0 radical (unpaired) electrons. The van der Waals surface area contributed by atoms with E-state index in [2.05, 4.69) is 20.8 Å². The molecule has 0 saturated heterocycles. The van der Waals surface area contributed by atoms with Crippen molar-refractivity contribution in [1.29, 1.82) is 0 Å². The Kier molecular flexibility index (Phi) is 4.29. The summed E-state index contributed by atoms with van der Waals surface area (Å²) in [5.41, 5.74) is 5.03. The molecule has 0 heterocycles. The van der Waals surface area contributed by atoms with E-state index in [0.29, 0.717) is 6.42 Å². The van der Waals surface area contributed by atoms with Gasteiger partial charge in [-0.3, -0.25) is 4.79 Å². The second-order valence-electron chi connectivity index (χ2n) is 5.68. The van der Waals surface area contributed by atoms with Crippen LogP contribution < -0.4 is 5.73 Å². The van der Waals surface area contributed by atoms with Crippen molar-refractivity contribution < 1.29 is 9.90 Å². The maximum absolute atomic E-state index is 11.2. The molecule has 1 saturated carbocycles. The Hall–Kier alpha value is -0.220. The van der Waals surface area contributed by atoms with Crippen molar-refractivity contribution in [2.75, 3.05) is 5.75 Å². The molecule has 1 fully saturated rings. The van der Waals surface area contributed by atoms with Crippen LogP contribution in [-0.4, -0.2) is 27.1 Å².